The Hall–Kier alpha value is -1.25. The van der Waals surface area contributed by atoms with Gasteiger partial charge in [0.05, 0.1) is 2.74 Å². The van der Waals surface area contributed by atoms with E-state index in [0.29, 0.717) is 12.1 Å². The number of halogens is 2. The van der Waals surface area contributed by atoms with Crippen LogP contribution in [0.3, 0.4) is 0 Å². The lowest BCUT2D eigenvalue weighted by Crippen LogP contribution is -2.00. The van der Waals surface area contributed by atoms with Gasteiger partial charge in [-0.05, 0) is 31.0 Å². The van der Waals surface area contributed by atoms with Crippen LogP contribution in [0.15, 0.2) is 23.2 Å². The van der Waals surface area contributed by atoms with E-state index in [1.165, 1.54) is 0 Å². The summed E-state index contributed by atoms with van der Waals surface area (Å²) in [7, 11) is 0. The second-order valence-corrected chi connectivity index (χ2v) is 2.84. The summed E-state index contributed by atoms with van der Waals surface area (Å²) in [4.78, 5) is 3.74. The Morgan fingerprint density at radius 1 is 1.38 bits per heavy atom. The highest BCUT2D eigenvalue weighted by Crippen LogP contribution is 2.17. The van der Waals surface area contributed by atoms with Gasteiger partial charge in [-0.1, -0.05) is 0 Å². The quantitative estimate of drug-likeness (QED) is 0.634. The number of aliphatic imine (C=N–C) groups is 1. The number of hydrogen-bond donors (Lipinski definition) is 0. The lowest BCUT2D eigenvalue weighted by molar-refractivity contribution is 0.598. The van der Waals surface area contributed by atoms with Crippen molar-refractivity contribution in [1.82, 2.24) is 0 Å². The molecule has 1 aromatic rings. The topological polar surface area (TPSA) is 12.4 Å². The Balaban J connectivity index is 2.43. The van der Waals surface area contributed by atoms with Crippen molar-refractivity contribution in [3.63, 3.8) is 0 Å². The van der Waals surface area contributed by atoms with Crippen molar-refractivity contribution in [2.45, 2.75) is 12.8 Å². The molecular formula is C10H9F2N. The molecule has 2 rings (SSSR count). The van der Waals surface area contributed by atoms with Crippen LogP contribution in [0.5, 0.6) is 0 Å². The second-order valence-electron chi connectivity index (χ2n) is 2.84. The molecular weight excluding hydrogens is 172 g/mol. The number of rotatable bonds is 1. The van der Waals surface area contributed by atoms with Gasteiger partial charge in [-0.15, -0.1) is 0 Å². The van der Waals surface area contributed by atoms with Gasteiger partial charge in [-0.25, -0.2) is 8.78 Å². The van der Waals surface area contributed by atoms with E-state index in [4.69, 9.17) is 2.74 Å². The molecule has 0 aliphatic carbocycles. The van der Waals surface area contributed by atoms with Crippen molar-refractivity contribution in [2.75, 3.05) is 6.50 Å². The van der Waals surface area contributed by atoms with Crippen molar-refractivity contribution < 1.29 is 11.5 Å². The van der Waals surface area contributed by atoms with Crippen molar-refractivity contribution in [2.24, 2.45) is 4.99 Å². The molecule has 68 valence electrons. The van der Waals surface area contributed by atoms with Crippen molar-refractivity contribution in [3.05, 3.63) is 35.4 Å². The molecule has 0 amide bonds. The monoisotopic (exact) mass is 183 g/mol. The molecule has 0 unspecified atom stereocenters. The van der Waals surface area contributed by atoms with Crippen LogP contribution in [0.1, 0.15) is 21.1 Å². The summed E-state index contributed by atoms with van der Waals surface area (Å²) >= 11 is 0. The maximum absolute atomic E-state index is 13.3. The molecule has 1 aliphatic heterocycles. The molecule has 0 spiro atoms. The van der Waals surface area contributed by atoms with Crippen molar-refractivity contribution in [3.8, 4) is 0 Å². The van der Waals surface area contributed by atoms with Crippen LogP contribution in [0.4, 0.5) is 8.78 Å². The third kappa shape index (κ3) is 1.59. The van der Waals surface area contributed by atoms with Crippen LogP contribution < -0.4 is 0 Å². The molecule has 0 saturated heterocycles. The predicted molar refractivity (Wildman–Crippen MR) is 47.0 cm³/mol. The SMILES string of the molecule is [2H]C1([2H])CCC(c2cc(F)ccc2F)=N1. The normalized spacial score (nSPS) is 22.2. The summed E-state index contributed by atoms with van der Waals surface area (Å²) in [6.45, 7) is -1.64. The minimum Gasteiger partial charge on any atom is -0.289 e. The van der Waals surface area contributed by atoms with Gasteiger partial charge in [-0.2, -0.15) is 0 Å². The fourth-order valence-electron chi connectivity index (χ4n) is 1.30. The van der Waals surface area contributed by atoms with Gasteiger partial charge in [0.1, 0.15) is 11.6 Å². The average Bonchev–Trinajstić information content (AvgIpc) is 2.50. The molecule has 1 heterocycles. The number of benzene rings is 1. The zero-order valence-corrected chi connectivity index (χ0v) is 6.85. The first-order valence-electron chi connectivity index (χ1n) is 5.02. The summed E-state index contributed by atoms with van der Waals surface area (Å²) < 4.78 is 40.9. The molecule has 0 bridgehead atoms. The molecule has 0 radical (unpaired) electrons. The summed E-state index contributed by atoms with van der Waals surface area (Å²) in [5.41, 5.74) is 0.369. The minimum atomic E-state index is -1.64. The smallest absolute Gasteiger partial charge is 0.132 e. The average molecular weight is 183 g/mol. The highest BCUT2D eigenvalue weighted by molar-refractivity contribution is 6.01. The van der Waals surface area contributed by atoms with E-state index in [2.05, 4.69) is 4.99 Å². The van der Waals surface area contributed by atoms with Crippen LogP contribution in [0.2, 0.25) is 0 Å². The van der Waals surface area contributed by atoms with E-state index in [1.807, 2.05) is 0 Å². The highest BCUT2D eigenvalue weighted by Gasteiger charge is 2.13. The zero-order chi connectivity index (χ0) is 11.1. The fraction of sp³-hybridized carbons (Fsp3) is 0.300. The Morgan fingerprint density at radius 3 is 2.92 bits per heavy atom. The highest BCUT2D eigenvalue weighted by atomic mass is 19.1. The van der Waals surface area contributed by atoms with E-state index in [-0.39, 0.29) is 12.0 Å². The van der Waals surface area contributed by atoms with Gasteiger partial charge in [-0.3, -0.25) is 4.99 Å². The van der Waals surface area contributed by atoms with E-state index < -0.39 is 18.1 Å². The molecule has 0 aromatic heterocycles. The van der Waals surface area contributed by atoms with Crippen LogP contribution in [0, 0.1) is 11.6 Å². The third-order valence-electron chi connectivity index (χ3n) is 1.93. The molecule has 3 heteroatoms. The first-order chi connectivity index (χ1) is 6.98. The summed E-state index contributed by atoms with van der Waals surface area (Å²) in [6.07, 6.45) is 0.561. The molecule has 1 nitrogen and oxygen atoms in total. The maximum Gasteiger partial charge on any atom is 0.132 e. The Morgan fingerprint density at radius 2 is 2.23 bits per heavy atom. The number of hydrogen-bond acceptors (Lipinski definition) is 1. The van der Waals surface area contributed by atoms with Gasteiger partial charge in [0.25, 0.3) is 0 Å². The van der Waals surface area contributed by atoms with E-state index in [0.717, 1.165) is 18.2 Å². The zero-order valence-electron chi connectivity index (χ0n) is 8.85. The Kier molecular flexibility index (Phi) is 1.56. The van der Waals surface area contributed by atoms with Crippen LogP contribution in [0.25, 0.3) is 0 Å². The molecule has 0 fully saturated rings. The molecule has 0 saturated carbocycles. The Bertz CT molecular complexity index is 429. The summed E-state index contributed by atoms with van der Waals surface area (Å²) in [6, 6.07) is 3.11. The van der Waals surface area contributed by atoms with Crippen molar-refractivity contribution in [1.29, 1.82) is 0 Å². The van der Waals surface area contributed by atoms with Crippen LogP contribution in [-0.4, -0.2) is 12.2 Å². The lowest BCUT2D eigenvalue weighted by Gasteiger charge is -2.01. The molecule has 1 aromatic carbocycles. The maximum atomic E-state index is 13.3. The standard InChI is InChI=1S/C10H9F2N/c11-7-3-4-9(12)8(6-7)10-2-1-5-13-10/h3-4,6H,1-2,5H2/i5D2. The molecule has 0 atom stereocenters. The Labute approximate surface area is 77.9 Å². The van der Waals surface area contributed by atoms with Crippen molar-refractivity contribution >= 4 is 5.71 Å². The first kappa shape index (κ1) is 6.24. The fourth-order valence-corrected chi connectivity index (χ4v) is 1.30. The van der Waals surface area contributed by atoms with E-state index >= 15 is 0 Å². The molecule has 0 N–H and O–H groups in total. The second kappa shape index (κ2) is 3.24. The van der Waals surface area contributed by atoms with Gasteiger partial charge in [0.15, 0.2) is 0 Å². The first-order valence-corrected chi connectivity index (χ1v) is 4.02. The lowest BCUT2D eigenvalue weighted by atomic mass is 10.1. The van der Waals surface area contributed by atoms with Gasteiger partial charge >= 0.3 is 0 Å². The summed E-state index contributed by atoms with van der Waals surface area (Å²) in [5, 5.41) is 0. The van der Waals surface area contributed by atoms with Gasteiger partial charge < -0.3 is 0 Å². The minimum absolute atomic E-state index is 0.0661. The van der Waals surface area contributed by atoms with E-state index in [1.54, 1.807) is 0 Å². The van der Waals surface area contributed by atoms with E-state index in [9.17, 15) is 8.78 Å². The molecule has 13 heavy (non-hydrogen) atoms. The summed E-state index contributed by atoms with van der Waals surface area (Å²) in [5.74, 6) is -1.10. The number of nitrogens with zero attached hydrogens (tertiary/aromatic N) is 1. The predicted octanol–water partition coefficient (Wildman–Crippen LogP) is 2.55. The third-order valence-corrected chi connectivity index (χ3v) is 1.93. The van der Waals surface area contributed by atoms with Crippen LogP contribution in [-0.2, 0) is 0 Å². The van der Waals surface area contributed by atoms with Gasteiger partial charge in [0, 0.05) is 17.8 Å². The largest absolute Gasteiger partial charge is 0.289 e. The van der Waals surface area contributed by atoms with Crippen LogP contribution >= 0.6 is 0 Å². The van der Waals surface area contributed by atoms with Gasteiger partial charge in [0.2, 0.25) is 0 Å². The molecule has 1 aliphatic rings.